The maximum atomic E-state index is 5.62. The van der Waals surface area contributed by atoms with Crippen molar-refractivity contribution < 1.29 is 9.47 Å². The normalized spacial score (nSPS) is 21.0. The van der Waals surface area contributed by atoms with Crippen molar-refractivity contribution >= 4 is 29.9 Å². The van der Waals surface area contributed by atoms with Crippen LogP contribution in [0.5, 0.6) is 0 Å². The number of halogens is 1. The van der Waals surface area contributed by atoms with E-state index in [4.69, 9.17) is 9.47 Å². The smallest absolute Gasteiger partial charge is 0.191 e. The molecule has 0 aromatic rings. The Kier molecular flexibility index (Phi) is 11.5. The number of hydrogen-bond acceptors (Lipinski definition) is 4. The topological polar surface area (TPSA) is 58.1 Å². The van der Waals surface area contributed by atoms with Crippen LogP contribution in [0.15, 0.2) is 4.99 Å². The molecule has 0 aromatic heterocycles. The average Bonchev–Trinajstić information content (AvgIpc) is 3.12. The third-order valence-electron chi connectivity index (χ3n) is 6.06. The first-order valence-electron chi connectivity index (χ1n) is 10.4. The fourth-order valence-electron chi connectivity index (χ4n) is 4.15. The average molecular weight is 496 g/mol. The van der Waals surface area contributed by atoms with E-state index in [1.807, 2.05) is 7.05 Å². The summed E-state index contributed by atoms with van der Waals surface area (Å²) in [6.45, 7) is 13.9. The van der Waals surface area contributed by atoms with E-state index in [0.29, 0.717) is 5.41 Å². The van der Waals surface area contributed by atoms with Gasteiger partial charge in [0.1, 0.15) is 0 Å². The van der Waals surface area contributed by atoms with E-state index in [0.717, 1.165) is 65.0 Å². The van der Waals surface area contributed by atoms with Crippen molar-refractivity contribution in [1.82, 2.24) is 15.5 Å². The molecule has 0 radical (unpaired) electrons. The Morgan fingerprint density at radius 3 is 2.44 bits per heavy atom. The first-order valence-corrected chi connectivity index (χ1v) is 10.4. The Bertz CT molecular complexity index is 434. The molecule has 2 rings (SSSR count). The highest BCUT2D eigenvalue weighted by atomic mass is 127. The molecule has 7 heteroatoms. The molecule has 0 atom stereocenters. The highest BCUT2D eigenvalue weighted by Crippen LogP contribution is 2.40. The zero-order valence-electron chi connectivity index (χ0n) is 17.8. The lowest BCUT2D eigenvalue weighted by Gasteiger charge is -2.41. The minimum atomic E-state index is 0. The molecule has 1 heterocycles. The van der Waals surface area contributed by atoms with Crippen LogP contribution in [0.25, 0.3) is 0 Å². The van der Waals surface area contributed by atoms with Crippen molar-refractivity contribution in [2.24, 2.45) is 10.4 Å². The number of morpholine rings is 1. The van der Waals surface area contributed by atoms with Crippen LogP contribution in [0.4, 0.5) is 0 Å². The lowest BCUT2D eigenvalue weighted by Crippen LogP contribution is -2.57. The predicted molar refractivity (Wildman–Crippen MR) is 123 cm³/mol. The van der Waals surface area contributed by atoms with Crippen molar-refractivity contribution in [3.05, 3.63) is 0 Å². The van der Waals surface area contributed by atoms with Gasteiger partial charge in [-0.1, -0.05) is 12.8 Å². The van der Waals surface area contributed by atoms with Gasteiger partial charge in [-0.15, -0.1) is 24.0 Å². The quantitative estimate of drug-likeness (QED) is 0.223. The van der Waals surface area contributed by atoms with E-state index < -0.39 is 0 Å². The molecule has 1 saturated carbocycles. The number of ether oxygens (including phenoxy) is 2. The summed E-state index contributed by atoms with van der Waals surface area (Å²) in [6, 6.07) is 0. The van der Waals surface area contributed by atoms with Gasteiger partial charge in [-0.3, -0.25) is 9.89 Å². The zero-order chi connectivity index (χ0) is 18.9. The van der Waals surface area contributed by atoms with E-state index in [9.17, 15) is 0 Å². The summed E-state index contributed by atoms with van der Waals surface area (Å²) < 4.78 is 11.1. The van der Waals surface area contributed by atoms with E-state index in [1.165, 1.54) is 25.7 Å². The van der Waals surface area contributed by atoms with Gasteiger partial charge in [0, 0.05) is 52.0 Å². The Hall–Kier alpha value is -0.120. The van der Waals surface area contributed by atoms with Gasteiger partial charge >= 0.3 is 0 Å². The van der Waals surface area contributed by atoms with Crippen LogP contribution in [0, 0.1) is 5.41 Å². The first-order chi connectivity index (χ1) is 12.5. The molecule has 6 nitrogen and oxygen atoms in total. The molecule has 0 unspecified atom stereocenters. The summed E-state index contributed by atoms with van der Waals surface area (Å²) in [7, 11) is 1.86. The first kappa shape index (κ1) is 24.9. The van der Waals surface area contributed by atoms with E-state index in [2.05, 4.69) is 41.3 Å². The number of hydrogen-bond donors (Lipinski definition) is 2. The molecule has 27 heavy (non-hydrogen) atoms. The van der Waals surface area contributed by atoms with Gasteiger partial charge in [-0.05, 0) is 45.4 Å². The summed E-state index contributed by atoms with van der Waals surface area (Å²) in [6.07, 6.45) is 6.41. The molecular weight excluding hydrogens is 455 g/mol. The van der Waals surface area contributed by atoms with E-state index in [-0.39, 0.29) is 29.5 Å². The van der Waals surface area contributed by atoms with Crippen LogP contribution in [0.2, 0.25) is 0 Å². The predicted octanol–water partition coefficient (Wildman–Crippen LogP) is 2.87. The van der Waals surface area contributed by atoms with Gasteiger partial charge in [-0.2, -0.15) is 0 Å². The number of aliphatic imine (C=N–C) groups is 1. The lowest BCUT2D eigenvalue weighted by molar-refractivity contribution is -0.00835. The second-order valence-corrected chi connectivity index (χ2v) is 8.35. The van der Waals surface area contributed by atoms with Gasteiger partial charge in [0.25, 0.3) is 0 Å². The van der Waals surface area contributed by atoms with Crippen molar-refractivity contribution in [3.63, 3.8) is 0 Å². The molecule has 0 spiro atoms. The van der Waals surface area contributed by atoms with Gasteiger partial charge in [-0.25, -0.2) is 0 Å². The molecule has 0 amide bonds. The van der Waals surface area contributed by atoms with E-state index >= 15 is 0 Å². The monoisotopic (exact) mass is 496 g/mol. The molecule has 0 aromatic carbocycles. The Morgan fingerprint density at radius 1 is 1.19 bits per heavy atom. The third kappa shape index (κ3) is 8.03. The standard InChI is InChI=1S/C20H40N4O2.HI/c1-5-25-13-10-20(8-6-7-9-20)17-23-18(21-4)22-16-19(2,3)24-11-14-26-15-12-24;/h5-17H2,1-4H3,(H2,21,22,23);1H. The van der Waals surface area contributed by atoms with Crippen LogP contribution >= 0.6 is 24.0 Å². The largest absolute Gasteiger partial charge is 0.382 e. The molecule has 160 valence electrons. The molecule has 1 saturated heterocycles. The SMILES string of the molecule is CCOCCC1(CNC(=NC)NCC(C)(C)N2CCOCC2)CCCC1.I. The lowest BCUT2D eigenvalue weighted by atomic mass is 9.83. The highest BCUT2D eigenvalue weighted by Gasteiger charge is 2.34. The van der Waals surface area contributed by atoms with Crippen LogP contribution in [0.3, 0.4) is 0 Å². The zero-order valence-corrected chi connectivity index (χ0v) is 20.1. The molecule has 2 N–H and O–H groups in total. The minimum absolute atomic E-state index is 0. The Morgan fingerprint density at radius 2 is 1.85 bits per heavy atom. The molecule has 1 aliphatic heterocycles. The minimum Gasteiger partial charge on any atom is -0.382 e. The molecule has 0 bridgehead atoms. The number of guanidine groups is 1. The number of nitrogens with zero attached hydrogens (tertiary/aromatic N) is 2. The fourth-order valence-corrected chi connectivity index (χ4v) is 4.15. The Labute approximate surface area is 183 Å². The van der Waals surface area contributed by atoms with Crippen LogP contribution in [-0.4, -0.2) is 76.1 Å². The Balaban J connectivity index is 0.00000364. The number of rotatable bonds is 9. The summed E-state index contributed by atoms with van der Waals surface area (Å²) in [5, 5.41) is 7.14. The summed E-state index contributed by atoms with van der Waals surface area (Å²) in [4.78, 5) is 6.94. The van der Waals surface area contributed by atoms with Gasteiger partial charge < -0.3 is 20.1 Å². The van der Waals surface area contributed by atoms with Crippen LogP contribution in [0.1, 0.15) is 52.9 Å². The molecule has 2 fully saturated rings. The summed E-state index contributed by atoms with van der Waals surface area (Å²) >= 11 is 0. The van der Waals surface area contributed by atoms with E-state index in [1.54, 1.807) is 0 Å². The maximum absolute atomic E-state index is 5.62. The van der Waals surface area contributed by atoms with Crippen molar-refractivity contribution in [2.45, 2.75) is 58.4 Å². The molecule has 2 aliphatic rings. The van der Waals surface area contributed by atoms with Gasteiger partial charge in [0.15, 0.2) is 5.96 Å². The molecular formula is C20H41IN4O2. The van der Waals surface area contributed by atoms with Crippen molar-refractivity contribution in [3.8, 4) is 0 Å². The highest BCUT2D eigenvalue weighted by molar-refractivity contribution is 14.0. The maximum Gasteiger partial charge on any atom is 0.191 e. The van der Waals surface area contributed by atoms with Gasteiger partial charge in [0.05, 0.1) is 13.2 Å². The second-order valence-electron chi connectivity index (χ2n) is 8.35. The fraction of sp³-hybridized carbons (Fsp3) is 0.950. The number of nitrogens with one attached hydrogen (secondary N) is 2. The second kappa shape index (κ2) is 12.4. The summed E-state index contributed by atoms with van der Waals surface area (Å²) in [5.74, 6) is 0.911. The summed E-state index contributed by atoms with van der Waals surface area (Å²) in [5.41, 5.74) is 0.452. The van der Waals surface area contributed by atoms with Crippen LogP contribution in [-0.2, 0) is 9.47 Å². The van der Waals surface area contributed by atoms with Crippen LogP contribution < -0.4 is 10.6 Å². The van der Waals surface area contributed by atoms with Crippen molar-refractivity contribution in [1.29, 1.82) is 0 Å². The molecule has 1 aliphatic carbocycles. The van der Waals surface area contributed by atoms with Crippen molar-refractivity contribution in [2.75, 3.05) is 59.7 Å². The third-order valence-corrected chi connectivity index (χ3v) is 6.06. The van der Waals surface area contributed by atoms with Gasteiger partial charge in [0.2, 0.25) is 0 Å².